The molecule has 0 bridgehead atoms. The molecule has 0 saturated carbocycles. The predicted octanol–water partition coefficient (Wildman–Crippen LogP) is 4.33. The fourth-order valence-electron chi connectivity index (χ4n) is 5.66. The Morgan fingerprint density at radius 1 is 1.09 bits per heavy atom. The first-order chi connectivity index (χ1) is 17.0. The number of Topliss-reactive ketones (excluding diaryl/α,β-unsaturated/α-hetero) is 1. The van der Waals surface area contributed by atoms with Gasteiger partial charge < -0.3 is 10.2 Å². The van der Waals surface area contributed by atoms with Crippen molar-refractivity contribution in [1.29, 1.82) is 0 Å². The van der Waals surface area contributed by atoms with Gasteiger partial charge in [-0.2, -0.15) is 0 Å². The molecule has 2 fully saturated rings. The predicted molar refractivity (Wildman–Crippen MR) is 135 cm³/mol. The van der Waals surface area contributed by atoms with Gasteiger partial charge in [-0.25, -0.2) is 0 Å². The summed E-state index contributed by atoms with van der Waals surface area (Å²) in [5, 5.41) is 5.58. The summed E-state index contributed by atoms with van der Waals surface area (Å²) in [4.78, 5) is 44.3. The lowest BCUT2D eigenvalue weighted by Gasteiger charge is -2.34. The second-order valence-corrected chi connectivity index (χ2v) is 9.93. The minimum Gasteiger partial charge on any atom is -0.350 e. The van der Waals surface area contributed by atoms with Crippen molar-refractivity contribution in [3.63, 3.8) is 0 Å². The third kappa shape index (κ3) is 5.11. The standard InChI is InChI=1S/C29H31N3O3/c33-26-12-14-29(31-26,18-22-8-3-7-21-6-1-2-11-25(21)22)15-13-27(34)32-17-5-10-24(20-32)28(35)23-9-4-16-30-19-23/h1-4,6-9,11,16,19,24H,5,10,12-15,17-18,20H2,(H,31,33)/t24-,29-/m0/s1. The molecule has 6 heteroatoms. The van der Waals surface area contributed by atoms with Crippen molar-refractivity contribution in [3.8, 4) is 0 Å². The molecule has 1 aromatic heterocycles. The molecule has 2 aliphatic rings. The van der Waals surface area contributed by atoms with E-state index in [0.29, 0.717) is 44.3 Å². The van der Waals surface area contributed by atoms with Crippen LogP contribution in [0.25, 0.3) is 10.8 Å². The van der Waals surface area contributed by atoms with E-state index < -0.39 is 5.54 Å². The molecule has 2 amide bonds. The van der Waals surface area contributed by atoms with Crippen LogP contribution in [-0.4, -0.2) is 46.1 Å². The number of carbonyl (C=O) groups excluding carboxylic acids is 3. The van der Waals surface area contributed by atoms with E-state index in [4.69, 9.17) is 0 Å². The van der Waals surface area contributed by atoms with E-state index in [9.17, 15) is 14.4 Å². The maximum atomic E-state index is 13.2. The molecule has 5 rings (SSSR count). The Hall–Kier alpha value is -3.54. The molecular weight excluding hydrogens is 438 g/mol. The molecule has 2 aromatic carbocycles. The Morgan fingerprint density at radius 2 is 1.94 bits per heavy atom. The number of ketones is 1. The Morgan fingerprint density at radius 3 is 2.74 bits per heavy atom. The largest absolute Gasteiger partial charge is 0.350 e. The van der Waals surface area contributed by atoms with Crippen molar-refractivity contribution < 1.29 is 14.4 Å². The van der Waals surface area contributed by atoms with Crippen LogP contribution in [0.15, 0.2) is 67.0 Å². The van der Waals surface area contributed by atoms with Gasteiger partial charge in [-0.05, 0) is 60.6 Å². The summed E-state index contributed by atoms with van der Waals surface area (Å²) in [5.41, 5.74) is 1.38. The van der Waals surface area contributed by atoms with Gasteiger partial charge in [0.05, 0.1) is 0 Å². The zero-order chi connectivity index (χ0) is 24.3. The molecule has 0 radical (unpaired) electrons. The molecule has 3 heterocycles. The van der Waals surface area contributed by atoms with Crippen molar-refractivity contribution in [2.75, 3.05) is 13.1 Å². The quantitative estimate of drug-likeness (QED) is 0.523. The summed E-state index contributed by atoms with van der Waals surface area (Å²) in [7, 11) is 0. The van der Waals surface area contributed by atoms with Gasteiger partial charge in [0.25, 0.3) is 0 Å². The number of carbonyl (C=O) groups is 3. The SMILES string of the molecule is O=C1CC[C@](CCC(=O)N2CCC[C@H](C(=O)c3cccnc3)C2)(Cc2cccc3ccccc23)N1. The lowest BCUT2D eigenvalue weighted by Crippen LogP contribution is -2.46. The van der Waals surface area contributed by atoms with Crippen LogP contribution in [0.2, 0.25) is 0 Å². The third-order valence-corrected chi connectivity index (χ3v) is 7.55. The number of fused-ring (bicyclic) bond motifs is 1. The van der Waals surface area contributed by atoms with Gasteiger partial charge in [0.1, 0.15) is 0 Å². The maximum Gasteiger partial charge on any atom is 0.222 e. The highest BCUT2D eigenvalue weighted by molar-refractivity contribution is 5.98. The van der Waals surface area contributed by atoms with Crippen molar-refractivity contribution in [2.45, 2.75) is 50.5 Å². The first-order valence-electron chi connectivity index (χ1n) is 12.5. The fraction of sp³-hybridized carbons (Fsp3) is 0.379. The Kier molecular flexibility index (Phi) is 6.62. The van der Waals surface area contributed by atoms with Gasteiger partial charge in [-0.15, -0.1) is 0 Å². The minimum atomic E-state index is -0.419. The van der Waals surface area contributed by atoms with Gasteiger partial charge in [0.15, 0.2) is 5.78 Å². The summed E-state index contributed by atoms with van der Waals surface area (Å²) in [6.07, 6.45) is 7.74. The van der Waals surface area contributed by atoms with E-state index in [2.05, 4.69) is 40.6 Å². The van der Waals surface area contributed by atoms with E-state index in [1.54, 1.807) is 24.5 Å². The summed E-state index contributed by atoms with van der Waals surface area (Å²) >= 11 is 0. The Balaban J connectivity index is 1.27. The average molecular weight is 470 g/mol. The molecular formula is C29H31N3O3. The highest BCUT2D eigenvalue weighted by Crippen LogP contribution is 2.33. The van der Waals surface area contributed by atoms with Crippen molar-refractivity contribution in [2.24, 2.45) is 5.92 Å². The number of piperidine rings is 1. The number of likely N-dealkylation sites (tertiary alicyclic amines) is 1. The number of nitrogens with zero attached hydrogens (tertiary/aromatic N) is 2. The molecule has 180 valence electrons. The first-order valence-corrected chi connectivity index (χ1v) is 12.5. The van der Waals surface area contributed by atoms with Gasteiger partial charge in [-0.1, -0.05) is 42.5 Å². The number of hydrogen-bond acceptors (Lipinski definition) is 4. The second-order valence-electron chi connectivity index (χ2n) is 9.93. The van der Waals surface area contributed by atoms with Gasteiger partial charge in [0, 0.05) is 55.3 Å². The smallest absolute Gasteiger partial charge is 0.222 e. The van der Waals surface area contributed by atoms with Crippen LogP contribution < -0.4 is 5.32 Å². The summed E-state index contributed by atoms with van der Waals surface area (Å²) in [5.74, 6) is -0.0104. The molecule has 0 aliphatic carbocycles. The highest BCUT2D eigenvalue weighted by Gasteiger charge is 2.39. The van der Waals surface area contributed by atoms with Crippen molar-refractivity contribution in [3.05, 3.63) is 78.1 Å². The molecule has 0 unspecified atom stereocenters. The van der Waals surface area contributed by atoms with Crippen LogP contribution in [0, 0.1) is 5.92 Å². The zero-order valence-electron chi connectivity index (χ0n) is 19.9. The van der Waals surface area contributed by atoms with Crippen LogP contribution in [0.4, 0.5) is 0 Å². The summed E-state index contributed by atoms with van der Waals surface area (Å²) in [6, 6.07) is 18.1. The second kappa shape index (κ2) is 9.98. The summed E-state index contributed by atoms with van der Waals surface area (Å²) in [6.45, 7) is 1.13. The lowest BCUT2D eigenvalue weighted by molar-refractivity contribution is -0.133. The zero-order valence-corrected chi connectivity index (χ0v) is 19.9. The van der Waals surface area contributed by atoms with Crippen LogP contribution >= 0.6 is 0 Å². The van der Waals surface area contributed by atoms with Crippen LogP contribution in [0.5, 0.6) is 0 Å². The van der Waals surface area contributed by atoms with Gasteiger partial charge in [0.2, 0.25) is 11.8 Å². The Bertz CT molecular complexity index is 1240. The van der Waals surface area contributed by atoms with Crippen LogP contribution in [-0.2, 0) is 16.0 Å². The van der Waals surface area contributed by atoms with Crippen LogP contribution in [0.1, 0.15) is 54.4 Å². The van der Waals surface area contributed by atoms with E-state index in [-0.39, 0.29) is 23.5 Å². The molecule has 3 aromatic rings. The monoisotopic (exact) mass is 469 g/mol. The maximum absolute atomic E-state index is 13.2. The molecule has 1 N–H and O–H groups in total. The van der Waals surface area contributed by atoms with E-state index in [0.717, 1.165) is 19.3 Å². The van der Waals surface area contributed by atoms with E-state index >= 15 is 0 Å². The first kappa shape index (κ1) is 23.2. The molecule has 6 nitrogen and oxygen atoms in total. The average Bonchev–Trinajstić information content (AvgIpc) is 3.28. The molecule has 2 atom stereocenters. The molecule has 2 aliphatic heterocycles. The molecule has 0 spiro atoms. The highest BCUT2D eigenvalue weighted by atomic mass is 16.2. The van der Waals surface area contributed by atoms with Crippen LogP contribution in [0.3, 0.4) is 0 Å². The van der Waals surface area contributed by atoms with Gasteiger partial charge >= 0.3 is 0 Å². The fourth-order valence-corrected chi connectivity index (χ4v) is 5.66. The number of rotatable bonds is 7. The lowest BCUT2D eigenvalue weighted by atomic mass is 9.83. The topological polar surface area (TPSA) is 79.4 Å². The molecule has 2 saturated heterocycles. The summed E-state index contributed by atoms with van der Waals surface area (Å²) < 4.78 is 0. The minimum absolute atomic E-state index is 0.0535. The number of hydrogen-bond donors (Lipinski definition) is 1. The number of pyridine rings is 1. The number of aromatic nitrogens is 1. The number of nitrogens with one attached hydrogen (secondary N) is 1. The number of amides is 2. The third-order valence-electron chi connectivity index (χ3n) is 7.55. The Labute approximate surface area is 205 Å². The van der Waals surface area contributed by atoms with E-state index in [1.165, 1.54) is 16.3 Å². The normalized spacial score (nSPS) is 22.2. The van der Waals surface area contributed by atoms with E-state index in [1.807, 2.05) is 17.0 Å². The van der Waals surface area contributed by atoms with Gasteiger partial charge in [-0.3, -0.25) is 19.4 Å². The number of benzene rings is 2. The molecule has 35 heavy (non-hydrogen) atoms. The van der Waals surface area contributed by atoms with Crippen molar-refractivity contribution >= 4 is 28.4 Å². The van der Waals surface area contributed by atoms with Crippen molar-refractivity contribution in [1.82, 2.24) is 15.2 Å².